The van der Waals surface area contributed by atoms with Crippen molar-refractivity contribution in [2.75, 3.05) is 0 Å². The van der Waals surface area contributed by atoms with E-state index in [0.717, 1.165) is 19.4 Å². The lowest BCUT2D eigenvalue weighted by Gasteiger charge is -2.11. The van der Waals surface area contributed by atoms with Crippen LogP contribution in [0.5, 0.6) is 0 Å². The maximum atomic E-state index is 10.2. The van der Waals surface area contributed by atoms with Gasteiger partial charge in [-0.15, -0.1) is 11.3 Å². The second-order valence-electron chi connectivity index (χ2n) is 3.06. The Kier molecular flexibility index (Phi) is 3.61. The lowest BCUT2D eigenvalue weighted by Crippen LogP contribution is -1.98. The molecule has 0 radical (unpaired) electrons. The number of aliphatic hydroxyl groups excluding tert-OH is 1. The van der Waals surface area contributed by atoms with Gasteiger partial charge in [-0.2, -0.15) is 0 Å². The van der Waals surface area contributed by atoms with Crippen LogP contribution in [0.2, 0.25) is 0 Å². The van der Waals surface area contributed by atoms with Crippen molar-refractivity contribution in [2.24, 2.45) is 0 Å². The third-order valence-electron chi connectivity index (χ3n) is 2.09. The van der Waals surface area contributed by atoms with Crippen molar-refractivity contribution >= 4 is 43.2 Å². The second-order valence-corrected chi connectivity index (χ2v) is 5.71. The van der Waals surface area contributed by atoms with Crippen LogP contribution < -0.4 is 0 Å². The van der Waals surface area contributed by atoms with Gasteiger partial charge in [0.05, 0.1) is 4.88 Å². The van der Waals surface area contributed by atoms with E-state index in [1.54, 1.807) is 11.3 Å². The van der Waals surface area contributed by atoms with Crippen LogP contribution in [0.15, 0.2) is 44.7 Å². The lowest BCUT2D eigenvalue weighted by atomic mass is 10.1. The van der Waals surface area contributed by atoms with E-state index in [1.807, 2.05) is 35.7 Å². The van der Waals surface area contributed by atoms with Crippen LogP contribution >= 0.6 is 43.2 Å². The smallest absolute Gasteiger partial charge is 0.115 e. The van der Waals surface area contributed by atoms with Crippen LogP contribution in [0.25, 0.3) is 0 Å². The van der Waals surface area contributed by atoms with Gasteiger partial charge in [0.15, 0.2) is 0 Å². The van der Waals surface area contributed by atoms with Crippen molar-refractivity contribution < 1.29 is 5.11 Å². The summed E-state index contributed by atoms with van der Waals surface area (Å²) in [4.78, 5) is 0.932. The van der Waals surface area contributed by atoms with Crippen LogP contribution in [-0.2, 0) is 0 Å². The summed E-state index contributed by atoms with van der Waals surface area (Å²) < 4.78 is 1.88. The monoisotopic (exact) mass is 346 g/mol. The van der Waals surface area contributed by atoms with E-state index in [2.05, 4.69) is 31.9 Å². The van der Waals surface area contributed by atoms with Crippen molar-refractivity contribution in [3.8, 4) is 0 Å². The Hall–Kier alpha value is -0.160. The Bertz CT molecular complexity index is 467. The number of hydrogen-bond acceptors (Lipinski definition) is 2. The van der Waals surface area contributed by atoms with Crippen LogP contribution in [0, 0.1) is 0 Å². The number of aliphatic hydroxyl groups is 1. The Morgan fingerprint density at radius 2 is 1.80 bits per heavy atom. The number of thiophene rings is 1. The van der Waals surface area contributed by atoms with Crippen molar-refractivity contribution in [3.63, 3.8) is 0 Å². The van der Waals surface area contributed by atoms with Gasteiger partial charge in [-0.3, -0.25) is 0 Å². The van der Waals surface area contributed by atoms with Crippen molar-refractivity contribution in [2.45, 2.75) is 6.10 Å². The number of rotatable bonds is 2. The van der Waals surface area contributed by atoms with Gasteiger partial charge in [-0.1, -0.05) is 34.1 Å². The van der Waals surface area contributed by atoms with E-state index >= 15 is 0 Å². The third-order valence-corrected chi connectivity index (χ3v) is 4.74. The summed E-state index contributed by atoms with van der Waals surface area (Å²) in [5, 5.41) is 12.2. The minimum absolute atomic E-state index is 0.574. The zero-order chi connectivity index (χ0) is 10.8. The molecule has 1 aromatic carbocycles. The first-order chi connectivity index (χ1) is 7.20. The highest BCUT2D eigenvalue weighted by Gasteiger charge is 2.16. The first-order valence-corrected chi connectivity index (χ1v) is 6.82. The van der Waals surface area contributed by atoms with E-state index in [9.17, 15) is 5.11 Å². The molecular weight excluding hydrogens is 340 g/mol. The highest BCUT2D eigenvalue weighted by molar-refractivity contribution is 9.10. The standard InChI is InChI=1S/C11H8Br2OS/c12-8-4-2-1-3-7(8)10(14)11-9(13)5-6-15-11/h1-6,10,14H. The number of halogens is 2. The van der Waals surface area contributed by atoms with Gasteiger partial charge in [0.25, 0.3) is 0 Å². The van der Waals surface area contributed by atoms with Crippen LogP contribution in [0.3, 0.4) is 0 Å². The molecule has 1 nitrogen and oxygen atoms in total. The van der Waals surface area contributed by atoms with Gasteiger partial charge >= 0.3 is 0 Å². The predicted molar refractivity (Wildman–Crippen MR) is 70.2 cm³/mol. The maximum absolute atomic E-state index is 10.2. The van der Waals surface area contributed by atoms with Crippen molar-refractivity contribution in [1.82, 2.24) is 0 Å². The molecule has 0 saturated carbocycles. The maximum Gasteiger partial charge on any atom is 0.115 e. The largest absolute Gasteiger partial charge is 0.383 e. The molecule has 2 aromatic rings. The van der Waals surface area contributed by atoms with Gasteiger partial charge in [0.2, 0.25) is 0 Å². The molecule has 0 amide bonds. The summed E-state index contributed by atoms with van der Waals surface area (Å²) in [6.45, 7) is 0. The molecule has 1 N–H and O–H groups in total. The molecule has 0 aliphatic rings. The van der Waals surface area contributed by atoms with Gasteiger partial charge in [-0.05, 0) is 39.0 Å². The van der Waals surface area contributed by atoms with E-state index in [1.165, 1.54) is 0 Å². The summed E-state index contributed by atoms with van der Waals surface area (Å²) in [6, 6.07) is 9.65. The quantitative estimate of drug-likeness (QED) is 0.855. The molecule has 1 unspecified atom stereocenters. The first kappa shape index (κ1) is 11.3. The molecule has 0 bridgehead atoms. The highest BCUT2D eigenvalue weighted by Crippen LogP contribution is 2.35. The molecule has 0 aliphatic heterocycles. The molecular formula is C11H8Br2OS. The highest BCUT2D eigenvalue weighted by atomic mass is 79.9. The van der Waals surface area contributed by atoms with Crippen LogP contribution in [-0.4, -0.2) is 5.11 Å². The number of benzene rings is 1. The molecule has 0 fully saturated rings. The molecule has 2 rings (SSSR count). The molecule has 1 heterocycles. The fraction of sp³-hybridized carbons (Fsp3) is 0.0909. The Labute approximate surface area is 109 Å². The molecule has 78 valence electrons. The first-order valence-electron chi connectivity index (χ1n) is 4.35. The van der Waals surface area contributed by atoms with Crippen LogP contribution in [0.4, 0.5) is 0 Å². The molecule has 15 heavy (non-hydrogen) atoms. The van der Waals surface area contributed by atoms with E-state index in [4.69, 9.17) is 0 Å². The SMILES string of the molecule is OC(c1ccccc1Br)c1sccc1Br. The third kappa shape index (κ3) is 2.33. The zero-order valence-electron chi connectivity index (χ0n) is 7.65. The normalized spacial score (nSPS) is 12.7. The van der Waals surface area contributed by atoms with E-state index in [-0.39, 0.29) is 0 Å². The minimum Gasteiger partial charge on any atom is -0.383 e. The Balaban J connectivity index is 2.41. The average Bonchev–Trinajstić information content (AvgIpc) is 2.64. The molecule has 1 atom stereocenters. The average molecular weight is 348 g/mol. The predicted octanol–water partition coefficient (Wildman–Crippen LogP) is 4.35. The summed E-state index contributed by atoms with van der Waals surface area (Å²) >= 11 is 8.40. The molecule has 0 aliphatic carbocycles. The Morgan fingerprint density at radius 1 is 1.07 bits per heavy atom. The number of hydrogen-bond donors (Lipinski definition) is 1. The molecule has 4 heteroatoms. The summed E-state index contributed by atoms with van der Waals surface area (Å²) in [5.41, 5.74) is 0.889. The fourth-order valence-electron chi connectivity index (χ4n) is 1.34. The molecule has 0 spiro atoms. The minimum atomic E-state index is -0.574. The zero-order valence-corrected chi connectivity index (χ0v) is 11.6. The van der Waals surface area contributed by atoms with E-state index in [0.29, 0.717) is 0 Å². The van der Waals surface area contributed by atoms with Crippen LogP contribution in [0.1, 0.15) is 16.5 Å². The summed E-state index contributed by atoms with van der Waals surface area (Å²) in [5.74, 6) is 0. The van der Waals surface area contributed by atoms with Crippen molar-refractivity contribution in [1.29, 1.82) is 0 Å². The fourth-order valence-corrected chi connectivity index (χ4v) is 3.43. The van der Waals surface area contributed by atoms with Crippen molar-refractivity contribution in [3.05, 3.63) is 55.1 Å². The van der Waals surface area contributed by atoms with E-state index < -0.39 is 6.10 Å². The van der Waals surface area contributed by atoms with Gasteiger partial charge in [0.1, 0.15) is 6.10 Å². The summed E-state index contributed by atoms with van der Waals surface area (Å²) in [7, 11) is 0. The van der Waals surface area contributed by atoms with Gasteiger partial charge < -0.3 is 5.11 Å². The molecule has 1 aromatic heterocycles. The second kappa shape index (κ2) is 4.78. The van der Waals surface area contributed by atoms with Gasteiger partial charge in [0, 0.05) is 8.95 Å². The summed E-state index contributed by atoms with van der Waals surface area (Å²) in [6.07, 6.45) is -0.574. The topological polar surface area (TPSA) is 20.2 Å². The Morgan fingerprint density at radius 3 is 2.40 bits per heavy atom. The lowest BCUT2D eigenvalue weighted by molar-refractivity contribution is 0.222. The molecule has 0 saturated heterocycles. The van der Waals surface area contributed by atoms with Gasteiger partial charge in [-0.25, -0.2) is 0 Å².